The first-order valence-corrected chi connectivity index (χ1v) is 6.07. The van der Waals surface area contributed by atoms with Crippen LogP contribution in [0.3, 0.4) is 0 Å². The predicted octanol–water partition coefficient (Wildman–Crippen LogP) is 2.43. The van der Waals surface area contributed by atoms with E-state index < -0.39 is 18.0 Å². The van der Waals surface area contributed by atoms with Crippen LogP contribution < -0.4 is 0 Å². The summed E-state index contributed by atoms with van der Waals surface area (Å²) < 4.78 is 0. The molecule has 15 heavy (non-hydrogen) atoms. The number of carboxylic acids is 1. The monoisotopic (exact) mass is 214 g/mol. The summed E-state index contributed by atoms with van der Waals surface area (Å²) in [6, 6.07) is 0. The molecule has 0 aromatic rings. The highest BCUT2D eigenvalue weighted by atomic mass is 16.4. The van der Waals surface area contributed by atoms with E-state index in [1.54, 1.807) is 0 Å². The minimum absolute atomic E-state index is 0.225. The molecule has 1 aliphatic carbocycles. The molecule has 0 bridgehead atoms. The Bertz CT molecular complexity index is 197. The van der Waals surface area contributed by atoms with Crippen LogP contribution in [0.4, 0.5) is 0 Å². The normalized spacial score (nSPS) is 21.5. The van der Waals surface area contributed by atoms with Crippen LogP contribution in [0.1, 0.15) is 51.9 Å². The largest absolute Gasteiger partial charge is 0.481 e. The van der Waals surface area contributed by atoms with Crippen molar-refractivity contribution in [1.82, 2.24) is 0 Å². The standard InChI is InChI=1S/C12H22O3/c1-2-3-8-10(12(14)15)11(13)9-6-4-5-7-9/h9-11,13H,2-8H2,1H3,(H,14,15). The van der Waals surface area contributed by atoms with Gasteiger partial charge in [0.15, 0.2) is 0 Å². The maximum atomic E-state index is 11.0. The van der Waals surface area contributed by atoms with Crippen molar-refractivity contribution in [2.45, 2.75) is 58.0 Å². The number of aliphatic carboxylic acids is 1. The van der Waals surface area contributed by atoms with E-state index >= 15 is 0 Å². The number of carboxylic acid groups (broad SMARTS) is 1. The molecule has 2 unspecified atom stereocenters. The highest BCUT2D eigenvalue weighted by Crippen LogP contribution is 2.32. The molecule has 0 radical (unpaired) electrons. The van der Waals surface area contributed by atoms with Crippen molar-refractivity contribution in [3.05, 3.63) is 0 Å². The molecule has 1 rings (SSSR count). The molecule has 0 saturated heterocycles. The molecule has 3 nitrogen and oxygen atoms in total. The van der Waals surface area contributed by atoms with Gasteiger partial charge in [0.25, 0.3) is 0 Å². The Kier molecular flexibility index (Phi) is 5.09. The van der Waals surface area contributed by atoms with Crippen LogP contribution in [0.25, 0.3) is 0 Å². The van der Waals surface area contributed by atoms with Crippen LogP contribution in [-0.4, -0.2) is 22.3 Å². The van der Waals surface area contributed by atoms with Crippen molar-refractivity contribution in [2.75, 3.05) is 0 Å². The third kappa shape index (κ3) is 3.49. The lowest BCUT2D eigenvalue weighted by Crippen LogP contribution is -2.33. The van der Waals surface area contributed by atoms with Gasteiger partial charge < -0.3 is 10.2 Å². The average Bonchev–Trinajstić information content (AvgIpc) is 2.70. The highest BCUT2D eigenvalue weighted by Gasteiger charge is 2.33. The van der Waals surface area contributed by atoms with Crippen molar-refractivity contribution in [3.63, 3.8) is 0 Å². The van der Waals surface area contributed by atoms with Crippen molar-refractivity contribution in [2.24, 2.45) is 11.8 Å². The van der Waals surface area contributed by atoms with Crippen LogP contribution in [0.2, 0.25) is 0 Å². The van der Waals surface area contributed by atoms with Gasteiger partial charge in [0.2, 0.25) is 0 Å². The first-order chi connectivity index (χ1) is 7.16. The van der Waals surface area contributed by atoms with Crippen LogP contribution in [0, 0.1) is 11.8 Å². The average molecular weight is 214 g/mol. The molecule has 0 amide bonds. The second-order valence-corrected chi connectivity index (χ2v) is 4.62. The Labute approximate surface area is 91.5 Å². The Morgan fingerprint density at radius 3 is 2.47 bits per heavy atom. The number of hydrogen-bond donors (Lipinski definition) is 2. The Morgan fingerprint density at radius 2 is 2.00 bits per heavy atom. The number of carbonyl (C=O) groups is 1. The molecule has 0 aliphatic heterocycles. The van der Waals surface area contributed by atoms with Gasteiger partial charge in [-0.25, -0.2) is 0 Å². The molecule has 2 N–H and O–H groups in total. The molecular formula is C12H22O3. The lowest BCUT2D eigenvalue weighted by atomic mass is 9.86. The maximum absolute atomic E-state index is 11.0. The topological polar surface area (TPSA) is 57.5 Å². The van der Waals surface area contributed by atoms with Gasteiger partial charge in [0.1, 0.15) is 0 Å². The van der Waals surface area contributed by atoms with E-state index in [0.29, 0.717) is 6.42 Å². The van der Waals surface area contributed by atoms with Gasteiger partial charge >= 0.3 is 5.97 Å². The van der Waals surface area contributed by atoms with Gasteiger partial charge in [0.05, 0.1) is 12.0 Å². The second kappa shape index (κ2) is 6.11. The maximum Gasteiger partial charge on any atom is 0.309 e. The van der Waals surface area contributed by atoms with Crippen molar-refractivity contribution >= 4 is 5.97 Å². The fourth-order valence-corrected chi connectivity index (χ4v) is 2.49. The van der Waals surface area contributed by atoms with E-state index in [2.05, 4.69) is 0 Å². The minimum Gasteiger partial charge on any atom is -0.481 e. The first-order valence-electron chi connectivity index (χ1n) is 6.07. The molecule has 3 heteroatoms. The number of aliphatic hydroxyl groups excluding tert-OH is 1. The van der Waals surface area contributed by atoms with Crippen molar-refractivity contribution in [1.29, 1.82) is 0 Å². The van der Waals surface area contributed by atoms with Gasteiger partial charge in [-0.05, 0) is 25.2 Å². The van der Waals surface area contributed by atoms with Gasteiger partial charge in [-0.15, -0.1) is 0 Å². The van der Waals surface area contributed by atoms with Crippen molar-refractivity contribution in [3.8, 4) is 0 Å². The molecule has 0 spiro atoms. The summed E-state index contributed by atoms with van der Waals surface area (Å²) in [6.45, 7) is 2.04. The zero-order valence-corrected chi connectivity index (χ0v) is 9.48. The molecule has 0 aromatic carbocycles. The summed E-state index contributed by atoms with van der Waals surface area (Å²) in [5.41, 5.74) is 0. The van der Waals surface area contributed by atoms with E-state index in [-0.39, 0.29) is 5.92 Å². The fraction of sp³-hybridized carbons (Fsp3) is 0.917. The smallest absolute Gasteiger partial charge is 0.309 e. The molecule has 1 fully saturated rings. The van der Waals surface area contributed by atoms with Gasteiger partial charge in [-0.2, -0.15) is 0 Å². The predicted molar refractivity (Wildman–Crippen MR) is 58.6 cm³/mol. The van der Waals surface area contributed by atoms with Gasteiger partial charge in [-0.1, -0.05) is 32.6 Å². The Hall–Kier alpha value is -0.570. The van der Waals surface area contributed by atoms with Crippen LogP contribution in [-0.2, 0) is 4.79 Å². The van der Waals surface area contributed by atoms with Crippen LogP contribution in [0.5, 0.6) is 0 Å². The quantitative estimate of drug-likeness (QED) is 0.714. The lowest BCUT2D eigenvalue weighted by Gasteiger charge is -2.24. The van der Waals surface area contributed by atoms with Crippen LogP contribution >= 0.6 is 0 Å². The van der Waals surface area contributed by atoms with E-state index in [0.717, 1.165) is 38.5 Å². The van der Waals surface area contributed by atoms with Crippen LogP contribution in [0.15, 0.2) is 0 Å². The third-order valence-corrected chi connectivity index (χ3v) is 3.48. The fourth-order valence-electron chi connectivity index (χ4n) is 2.49. The summed E-state index contributed by atoms with van der Waals surface area (Å²) >= 11 is 0. The summed E-state index contributed by atoms with van der Waals surface area (Å²) in [5.74, 6) is -1.15. The van der Waals surface area contributed by atoms with E-state index in [9.17, 15) is 9.90 Å². The first kappa shape index (κ1) is 12.5. The van der Waals surface area contributed by atoms with E-state index in [4.69, 9.17) is 5.11 Å². The number of aliphatic hydroxyl groups is 1. The van der Waals surface area contributed by atoms with Gasteiger partial charge in [-0.3, -0.25) is 4.79 Å². The van der Waals surface area contributed by atoms with E-state index in [1.807, 2.05) is 6.92 Å². The number of unbranched alkanes of at least 4 members (excludes halogenated alkanes) is 1. The summed E-state index contributed by atoms with van der Waals surface area (Å²) in [5, 5.41) is 19.1. The Morgan fingerprint density at radius 1 is 1.40 bits per heavy atom. The summed E-state index contributed by atoms with van der Waals surface area (Å²) in [7, 11) is 0. The zero-order chi connectivity index (χ0) is 11.3. The third-order valence-electron chi connectivity index (χ3n) is 3.48. The number of rotatable bonds is 6. The highest BCUT2D eigenvalue weighted by molar-refractivity contribution is 5.70. The molecule has 1 aliphatic rings. The molecular weight excluding hydrogens is 192 g/mol. The van der Waals surface area contributed by atoms with Gasteiger partial charge in [0, 0.05) is 0 Å². The van der Waals surface area contributed by atoms with E-state index in [1.165, 1.54) is 0 Å². The van der Waals surface area contributed by atoms with Crippen molar-refractivity contribution < 1.29 is 15.0 Å². The molecule has 1 saturated carbocycles. The summed E-state index contributed by atoms with van der Waals surface area (Å²) in [4.78, 5) is 11.0. The second-order valence-electron chi connectivity index (χ2n) is 4.62. The molecule has 0 aromatic heterocycles. The number of hydrogen-bond acceptors (Lipinski definition) is 2. The molecule has 88 valence electrons. The SMILES string of the molecule is CCCCC(C(=O)O)C(O)C1CCCC1. The molecule has 2 atom stereocenters. The molecule has 0 heterocycles. The summed E-state index contributed by atoms with van der Waals surface area (Å²) in [6.07, 6.45) is 6.14. The lowest BCUT2D eigenvalue weighted by molar-refractivity contribution is -0.147. The Balaban J connectivity index is 2.49. The zero-order valence-electron chi connectivity index (χ0n) is 9.48. The minimum atomic E-state index is -0.831.